The maximum Gasteiger partial charge on any atom is 0.293 e. The van der Waals surface area contributed by atoms with Gasteiger partial charge in [-0.2, -0.15) is 0 Å². The summed E-state index contributed by atoms with van der Waals surface area (Å²) in [5, 5.41) is 3.36. The van der Waals surface area contributed by atoms with Crippen LogP contribution in [-0.4, -0.2) is 48.3 Å². The fraction of sp³-hybridized carbons (Fsp3) is 0.179. The molecule has 3 aromatic rings. The minimum absolute atomic E-state index is 0.0856. The Labute approximate surface area is 239 Å². The van der Waals surface area contributed by atoms with Gasteiger partial charge in [0, 0.05) is 10.7 Å². The second-order valence-electron chi connectivity index (χ2n) is 8.10. The molecule has 1 fully saturated rings. The lowest BCUT2D eigenvalue weighted by atomic mass is 10.2. The van der Waals surface area contributed by atoms with Crippen molar-refractivity contribution in [2.75, 3.05) is 31.7 Å². The molecule has 8 nitrogen and oxygen atoms in total. The number of amides is 3. The molecule has 1 aliphatic heterocycles. The van der Waals surface area contributed by atoms with Gasteiger partial charge in [0.05, 0.1) is 23.1 Å². The third-order valence-corrected chi connectivity index (χ3v) is 6.81. The summed E-state index contributed by atoms with van der Waals surface area (Å²) in [6.07, 6.45) is 1.61. The summed E-state index contributed by atoms with van der Waals surface area (Å²) in [5.74, 6) is 0.485. The van der Waals surface area contributed by atoms with Gasteiger partial charge in [-0.05, 0) is 78.9 Å². The van der Waals surface area contributed by atoms with Crippen LogP contribution in [0.5, 0.6) is 17.2 Å². The van der Waals surface area contributed by atoms with Gasteiger partial charge in [0.2, 0.25) is 0 Å². The summed E-state index contributed by atoms with van der Waals surface area (Å²) in [6.45, 7) is 2.14. The lowest BCUT2D eigenvalue weighted by molar-refractivity contribution is -0.123. The second-order valence-corrected chi connectivity index (χ2v) is 9.93. The van der Waals surface area contributed by atoms with Crippen molar-refractivity contribution in [2.45, 2.75) is 6.92 Å². The molecule has 1 N–H and O–H groups in total. The molecule has 0 spiro atoms. The highest BCUT2D eigenvalue weighted by Crippen LogP contribution is 2.35. The molecule has 39 heavy (non-hydrogen) atoms. The monoisotopic (exact) mass is 586 g/mol. The average Bonchev–Trinajstić information content (AvgIpc) is 3.18. The Hall–Kier alpha value is -3.66. The van der Waals surface area contributed by atoms with E-state index in [0.29, 0.717) is 45.2 Å². The van der Waals surface area contributed by atoms with Gasteiger partial charge < -0.3 is 19.5 Å². The molecule has 0 radical (unpaired) electrons. The van der Waals surface area contributed by atoms with Gasteiger partial charge >= 0.3 is 0 Å². The molecule has 202 valence electrons. The molecule has 0 aliphatic carbocycles. The van der Waals surface area contributed by atoms with Crippen molar-refractivity contribution < 1.29 is 28.6 Å². The summed E-state index contributed by atoms with van der Waals surface area (Å²) in [5.41, 5.74) is 1.23. The van der Waals surface area contributed by atoms with Crippen molar-refractivity contribution in [3.05, 3.63) is 87.2 Å². The van der Waals surface area contributed by atoms with Crippen LogP contribution < -0.4 is 19.5 Å². The maximum atomic E-state index is 12.9. The van der Waals surface area contributed by atoms with Crippen molar-refractivity contribution >= 4 is 63.8 Å². The van der Waals surface area contributed by atoms with Crippen molar-refractivity contribution in [2.24, 2.45) is 0 Å². The first-order chi connectivity index (χ1) is 18.8. The highest BCUT2D eigenvalue weighted by molar-refractivity contribution is 8.18. The topological polar surface area (TPSA) is 94.2 Å². The number of carbonyl (C=O) groups excluding carboxylic acids is 3. The number of halogens is 2. The highest BCUT2D eigenvalue weighted by Gasteiger charge is 2.34. The zero-order chi connectivity index (χ0) is 27.8. The van der Waals surface area contributed by atoms with Crippen LogP contribution in [0.2, 0.25) is 10.0 Å². The van der Waals surface area contributed by atoms with Crippen LogP contribution in [0.3, 0.4) is 0 Å². The van der Waals surface area contributed by atoms with Gasteiger partial charge in [-0.15, -0.1) is 0 Å². The molecule has 0 saturated carbocycles. The third-order valence-electron chi connectivity index (χ3n) is 5.33. The van der Waals surface area contributed by atoms with E-state index >= 15 is 0 Å². The lowest BCUT2D eigenvalue weighted by Crippen LogP contribution is -2.32. The summed E-state index contributed by atoms with van der Waals surface area (Å²) in [7, 11) is 0. The predicted molar refractivity (Wildman–Crippen MR) is 153 cm³/mol. The van der Waals surface area contributed by atoms with E-state index in [4.69, 9.17) is 37.4 Å². The van der Waals surface area contributed by atoms with Crippen LogP contribution in [-0.2, 0) is 9.59 Å². The Balaban J connectivity index is 1.38. The summed E-state index contributed by atoms with van der Waals surface area (Å²) < 4.78 is 17.0. The van der Waals surface area contributed by atoms with Crippen molar-refractivity contribution in [1.29, 1.82) is 0 Å². The van der Waals surface area contributed by atoms with Gasteiger partial charge in [-0.3, -0.25) is 19.3 Å². The van der Waals surface area contributed by atoms with Gasteiger partial charge in [-0.25, -0.2) is 0 Å². The Morgan fingerprint density at radius 3 is 2.46 bits per heavy atom. The standard InChI is InChI=1S/C28H24Cl2N2O6S/c1-2-36-24-15-18(7-12-23(24)38-17-26(33)31-20-10-8-19(29)9-11-20)16-25-27(34)32(28(35)39-25)13-14-37-22-6-4-3-5-21(22)30/h3-12,15-16H,2,13-14,17H2,1H3,(H,31,33)/b25-16-. The largest absolute Gasteiger partial charge is 0.490 e. The zero-order valence-corrected chi connectivity index (χ0v) is 23.1. The van der Waals surface area contributed by atoms with E-state index in [1.54, 1.807) is 72.8 Å². The molecule has 0 bridgehead atoms. The number of ether oxygens (including phenoxy) is 3. The SMILES string of the molecule is CCOc1cc(/C=C2\SC(=O)N(CCOc3ccccc3Cl)C2=O)ccc1OCC(=O)Nc1ccc(Cl)cc1. The number of carbonyl (C=O) groups is 3. The van der Waals surface area contributed by atoms with Crippen molar-refractivity contribution in [3.63, 3.8) is 0 Å². The number of hydrogen-bond donors (Lipinski definition) is 1. The van der Waals surface area contributed by atoms with E-state index in [-0.39, 0.29) is 35.8 Å². The number of nitrogens with zero attached hydrogens (tertiary/aromatic N) is 1. The van der Waals surface area contributed by atoms with E-state index < -0.39 is 5.91 Å². The Morgan fingerprint density at radius 1 is 0.949 bits per heavy atom. The summed E-state index contributed by atoms with van der Waals surface area (Å²) in [4.78, 5) is 39.1. The van der Waals surface area contributed by atoms with Crippen LogP contribution in [0.25, 0.3) is 6.08 Å². The molecular weight excluding hydrogens is 563 g/mol. The molecule has 1 heterocycles. The van der Waals surface area contributed by atoms with Gasteiger partial charge in [-0.1, -0.05) is 41.4 Å². The molecular formula is C28H24Cl2N2O6S. The highest BCUT2D eigenvalue weighted by atomic mass is 35.5. The number of thioether (sulfide) groups is 1. The number of para-hydroxylation sites is 1. The average molecular weight is 587 g/mol. The fourth-order valence-electron chi connectivity index (χ4n) is 3.53. The van der Waals surface area contributed by atoms with Gasteiger partial charge in [0.25, 0.3) is 17.1 Å². The van der Waals surface area contributed by atoms with Crippen LogP contribution in [0.1, 0.15) is 12.5 Å². The van der Waals surface area contributed by atoms with Crippen LogP contribution in [0, 0.1) is 0 Å². The number of nitrogens with one attached hydrogen (secondary N) is 1. The minimum Gasteiger partial charge on any atom is -0.490 e. The van der Waals surface area contributed by atoms with E-state index in [9.17, 15) is 14.4 Å². The minimum atomic E-state index is -0.412. The van der Waals surface area contributed by atoms with Gasteiger partial charge in [0.15, 0.2) is 18.1 Å². The first-order valence-electron chi connectivity index (χ1n) is 11.9. The predicted octanol–water partition coefficient (Wildman–Crippen LogP) is 6.52. The second kappa shape index (κ2) is 13.4. The lowest BCUT2D eigenvalue weighted by Gasteiger charge is -2.14. The van der Waals surface area contributed by atoms with Crippen LogP contribution >= 0.6 is 35.0 Å². The summed E-state index contributed by atoms with van der Waals surface area (Å²) in [6, 6.07) is 18.7. The smallest absolute Gasteiger partial charge is 0.293 e. The molecule has 0 unspecified atom stereocenters. The molecule has 3 amide bonds. The summed E-state index contributed by atoms with van der Waals surface area (Å²) >= 11 is 12.8. The number of anilines is 1. The first kappa shape index (κ1) is 28.4. The Morgan fingerprint density at radius 2 is 1.72 bits per heavy atom. The molecule has 0 aromatic heterocycles. The number of benzene rings is 3. The van der Waals surface area contributed by atoms with Crippen LogP contribution in [0.4, 0.5) is 10.5 Å². The fourth-order valence-corrected chi connectivity index (χ4v) is 4.71. The van der Waals surface area contributed by atoms with E-state index in [1.165, 1.54) is 0 Å². The van der Waals surface area contributed by atoms with Gasteiger partial charge in [0.1, 0.15) is 12.4 Å². The maximum absolute atomic E-state index is 12.9. The third kappa shape index (κ3) is 7.69. The zero-order valence-electron chi connectivity index (χ0n) is 20.8. The molecule has 3 aromatic carbocycles. The Bertz CT molecular complexity index is 1400. The van der Waals surface area contributed by atoms with E-state index in [2.05, 4.69) is 5.32 Å². The first-order valence-corrected chi connectivity index (χ1v) is 13.5. The van der Waals surface area contributed by atoms with Crippen LogP contribution in [0.15, 0.2) is 71.6 Å². The van der Waals surface area contributed by atoms with E-state index in [0.717, 1.165) is 16.7 Å². The molecule has 0 atom stereocenters. The Kier molecular flexibility index (Phi) is 9.75. The molecule has 4 rings (SSSR count). The normalized spacial score (nSPS) is 14.0. The van der Waals surface area contributed by atoms with Crippen molar-refractivity contribution in [3.8, 4) is 17.2 Å². The number of imide groups is 1. The number of hydrogen-bond acceptors (Lipinski definition) is 7. The molecule has 1 aliphatic rings. The quantitative estimate of drug-likeness (QED) is 0.255. The molecule has 11 heteroatoms. The van der Waals surface area contributed by atoms with Crippen molar-refractivity contribution in [1.82, 2.24) is 4.90 Å². The van der Waals surface area contributed by atoms with E-state index in [1.807, 2.05) is 6.92 Å². The number of rotatable bonds is 11. The molecule has 1 saturated heterocycles.